The van der Waals surface area contributed by atoms with Gasteiger partial charge in [-0.3, -0.25) is 9.48 Å². The highest BCUT2D eigenvalue weighted by molar-refractivity contribution is 5.90. The molecule has 2 aromatic rings. The zero-order valence-electron chi connectivity index (χ0n) is 10.7. The Labute approximate surface area is 111 Å². The molecule has 0 saturated carbocycles. The summed E-state index contributed by atoms with van der Waals surface area (Å²) in [6.07, 6.45) is 1.66. The average molecular weight is 260 g/mol. The monoisotopic (exact) mass is 260 g/mol. The molecular formula is C13H16N4O2. The molecule has 100 valence electrons. The van der Waals surface area contributed by atoms with E-state index in [2.05, 4.69) is 10.4 Å². The summed E-state index contributed by atoms with van der Waals surface area (Å²) in [4.78, 5) is 11.8. The van der Waals surface area contributed by atoms with Gasteiger partial charge in [-0.05, 0) is 37.3 Å². The van der Waals surface area contributed by atoms with E-state index >= 15 is 0 Å². The summed E-state index contributed by atoms with van der Waals surface area (Å²) in [6, 6.07) is 8.85. The molecule has 0 aliphatic heterocycles. The first-order chi connectivity index (χ1) is 9.17. The third-order valence-electron chi connectivity index (χ3n) is 2.42. The highest BCUT2D eigenvalue weighted by atomic mass is 16.5. The van der Waals surface area contributed by atoms with E-state index < -0.39 is 0 Å². The van der Waals surface area contributed by atoms with Crippen LogP contribution >= 0.6 is 0 Å². The molecule has 1 heterocycles. The number of hydrogen-bond donors (Lipinski definition) is 2. The van der Waals surface area contributed by atoms with Crippen molar-refractivity contribution in [1.82, 2.24) is 9.78 Å². The Hall–Kier alpha value is -2.50. The molecule has 1 amide bonds. The Bertz CT molecular complexity index is 548. The maximum atomic E-state index is 11.8. The third kappa shape index (κ3) is 3.74. The molecule has 0 spiro atoms. The van der Waals surface area contributed by atoms with Crippen molar-refractivity contribution < 1.29 is 9.53 Å². The minimum Gasteiger partial charge on any atom is -0.494 e. The van der Waals surface area contributed by atoms with Gasteiger partial charge in [0.2, 0.25) is 5.91 Å². The van der Waals surface area contributed by atoms with Crippen LogP contribution in [-0.2, 0) is 11.3 Å². The highest BCUT2D eigenvalue weighted by Crippen LogP contribution is 2.15. The van der Waals surface area contributed by atoms with E-state index in [0.717, 1.165) is 5.75 Å². The standard InChI is InChI=1S/C13H16N4O2/c1-2-19-11-5-3-10(4-6-11)15-13(18)9-17-8-7-12(14)16-17/h3-8H,2,9H2,1H3,(H2,14,16)(H,15,18). The summed E-state index contributed by atoms with van der Waals surface area (Å²) in [5, 5.41) is 6.72. The minimum atomic E-state index is -0.160. The fourth-order valence-electron chi connectivity index (χ4n) is 1.61. The number of benzene rings is 1. The van der Waals surface area contributed by atoms with Crippen LogP contribution in [0.5, 0.6) is 5.75 Å². The molecular weight excluding hydrogens is 244 g/mol. The number of nitrogens with two attached hydrogens (primary N) is 1. The van der Waals surface area contributed by atoms with Crippen LogP contribution in [0.4, 0.5) is 11.5 Å². The Balaban J connectivity index is 1.91. The number of nitrogens with zero attached hydrogens (tertiary/aromatic N) is 2. The maximum Gasteiger partial charge on any atom is 0.246 e. The van der Waals surface area contributed by atoms with Crippen molar-refractivity contribution in [3.05, 3.63) is 36.5 Å². The van der Waals surface area contributed by atoms with E-state index in [1.807, 2.05) is 19.1 Å². The molecule has 1 aromatic heterocycles. The molecule has 19 heavy (non-hydrogen) atoms. The molecule has 0 aliphatic carbocycles. The summed E-state index contributed by atoms with van der Waals surface area (Å²) in [7, 11) is 0. The molecule has 0 atom stereocenters. The third-order valence-corrected chi connectivity index (χ3v) is 2.42. The molecule has 0 saturated heterocycles. The van der Waals surface area contributed by atoms with Gasteiger partial charge in [0.05, 0.1) is 6.61 Å². The van der Waals surface area contributed by atoms with E-state index in [9.17, 15) is 4.79 Å². The molecule has 1 aromatic carbocycles. The largest absolute Gasteiger partial charge is 0.494 e. The summed E-state index contributed by atoms with van der Waals surface area (Å²) in [5.74, 6) is 1.02. The highest BCUT2D eigenvalue weighted by Gasteiger charge is 2.04. The first-order valence-electron chi connectivity index (χ1n) is 5.99. The number of anilines is 2. The van der Waals surface area contributed by atoms with Gasteiger partial charge < -0.3 is 15.8 Å². The van der Waals surface area contributed by atoms with Gasteiger partial charge in [-0.1, -0.05) is 0 Å². The van der Waals surface area contributed by atoms with Crippen LogP contribution in [0.2, 0.25) is 0 Å². The zero-order valence-corrected chi connectivity index (χ0v) is 10.7. The zero-order chi connectivity index (χ0) is 13.7. The van der Waals surface area contributed by atoms with Crippen LogP contribution in [0, 0.1) is 0 Å². The van der Waals surface area contributed by atoms with Crippen molar-refractivity contribution in [3.8, 4) is 5.75 Å². The molecule has 0 unspecified atom stereocenters. The smallest absolute Gasteiger partial charge is 0.246 e. The predicted molar refractivity (Wildman–Crippen MR) is 72.9 cm³/mol. The predicted octanol–water partition coefficient (Wildman–Crippen LogP) is 1.50. The van der Waals surface area contributed by atoms with Gasteiger partial charge >= 0.3 is 0 Å². The quantitative estimate of drug-likeness (QED) is 0.853. The van der Waals surface area contributed by atoms with E-state index in [0.29, 0.717) is 18.1 Å². The number of carbonyl (C=O) groups excluding carboxylic acids is 1. The average Bonchev–Trinajstić information content (AvgIpc) is 2.77. The Morgan fingerprint density at radius 3 is 2.68 bits per heavy atom. The lowest BCUT2D eigenvalue weighted by Crippen LogP contribution is -2.19. The van der Waals surface area contributed by atoms with Gasteiger partial charge in [0.25, 0.3) is 0 Å². The summed E-state index contributed by atoms with van der Waals surface area (Å²) in [6.45, 7) is 2.67. The lowest BCUT2D eigenvalue weighted by atomic mass is 10.3. The van der Waals surface area contributed by atoms with Gasteiger partial charge in [-0.15, -0.1) is 0 Å². The number of aromatic nitrogens is 2. The number of hydrogen-bond acceptors (Lipinski definition) is 4. The van der Waals surface area contributed by atoms with Gasteiger partial charge in [0, 0.05) is 11.9 Å². The van der Waals surface area contributed by atoms with Crippen molar-refractivity contribution in [2.45, 2.75) is 13.5 Å². The van der Waals surface area contributed by atoms with Crippen molar-refractivity contribution >= 4 is 17.4 Å². The summed E-state index contributed by atoms with van der Waals surface area (Å²) < 4.78 is 6.81. The molecule has 0 bridgehead atoms. The first-order valence-corrected chi connectivity index (χ1v) is 5.99. The summed E-state index contributed by atoms with van der Waals surface area (Å²) >= 11 is 0. The molecule has 0 aliphatic rings. The van der Waals surface area contributed by atoms with Crippen molar-refractivity contribution in [2.24, 2.45) is 0 Å². The number of nitrogen functional groups attached to an aromatic ring is 1. The van der Waals surface area contributed by atoms with E-state index in [4.69, 9.17) is 10.5 Å². The number of carbonyl (C=O) groups is 1. The van der Waals surface area contributed by atoms with Gasteiger partial charge in [-0.2, -0.15) is 5.10 Å². The number of ether oxygens (including phenoxy) is 1. The Morgan fingerprint density at radius 1 is 1.37 bits per heavy atom. The molecule has 3 N–H and O–H groups in total. The Morgan fingerprint density at radius 2 is 2.11 bits per heavy atom. The molecule has 6 nitrogen and oxygen atoms in total. The summed E-state index contributed by atoms with van der Waals surface area (Å²) in [5.41, 5.74) is 6.19. The van der Waals surface area contributed by atoms with Crippen LogP contribution in [0.15, 0.2) is 36.5 Å². The van der Waals surface area contributed by atoms with Gasteiger partial charge in [0.15, 0.2) is 0 Å². The second kappa shape index (κ2) is 5.90. The van der Waals surface area contributed by atoms with Crippen molar-refractivity contribution in [1.29, 1.82) is 0 Å². The van der Waals surface area contributed by atoms with E-state index in [-0.39, 0.29) is 12.5 Å². The van der Waals surface area contributed by atoms with Crippen LogP contribution < -0.4 is 15.8 Å². The Kier molecular flexibility index (Phi) is 4.02. The SMILES string of the molecule is CCOc1ccc(NC(=O)Cn2ccc(N)n2)cc1. The normalized spacial score (nSPS) is 10.2. The lowest BCUT2D eigenvalue weighted by molar-refractivity contribution is -0.116. The number of amides is 1. The van der Waals surface area contributed by atoms with E-state index in [1.165, 1.54) is 4.68 Å². The number of nitrogens with one attached hydrogen (secondary N) is 1. The molecule has 0 fully saturated rings. The molecule has 6 heteroatoms. The topological polar surface area (TPSA) is 82.2 Å². The molecule has 2 rings (SSSR count). The van der Waals surface area contributed by atoms with Crippen LogP contribution in [0.3, 0.4) is 0 Å². The first kappa shape index (κ1) is 12.9. The van der Waals surface area contributed by atoms with Crippen LogP contribution in [0.1, 0.15) is 6.92 Å². The maximum absolute atomic E-state index is 11.8. The van der Waals surface area contributed by atoms with E-state index in [1.54, 1.807) is 24.4 Å². The van der Waals surface area contributed by atoms with Crippen molar-refractivity contribution in [3.63, 3.8) is 0 Å². The fourth-order valence-corrected chi connectivity index (χ4v) is 1.61. The van der Waals surface area contributed by atoms with Gasteiger partial charge in [-0.25, -0.2) is 0 Å². The van der Waals surface area contributed by atoms with Crippen LogP contribution in [-0.4, -0.2) is 22.3 Å². The fraction of sp³-hybridized carbons (Fsp3) is 0.231. The second-order valence-electron chi connectivity index (χ2n) is 3.94. The van der Waals surface area contributed by atoms with Gasteiger partial charge in [0.1, 0.15) is 18.1 Å². The van der Waals surface area contributed by atoms with Crippen LogP contribution in [0.25, 0.3) is 0 Å². The molecule has 0 radical (unpaired) electrons. The number of rotatable bonds is 5. The second-order valence-corrected chi connectivity index (χ2v) is 3.94. The minimum absolute atomic E-state index is 0.129. The van der Waals surface area contributed by atoms with Crippen molar-refractivity contribution in [2.75, 3.05) is 17.7 Å². The lowest BCUT2D eigenvalue weighted by Gasteiger charge is -2.07.